The summed E-state index contributed by atoms with van der Waals surface area (Å²) in [6.45, 7) is 3.90. The molecule has 0 aromatic heterocycles. The predicted octanol–water partition coefficient (Wildman–Crippen LogP) is 2.81. The molecule has 0 unspecified atom stereocenters. The van der Waals surface area contributed by atoms with Gasteiger partial charge in [0.2, 0.25) is 11.8 Å². The molecule has 2 N–H and O–H groups in total. The summed E-state index contributed by atoms with van der Waals surface area (Å²) in [5.74, 6) is -0.0201. The Kier molecular flexibility index (Phi) is 7.67. The minimum absolute atomic E-state index is 0.00577. The first-order valence-corrected chi connectivity index (χ1v) is 9.04. The number of amides is 2. The number of aryl methyl sites for hydroxylation is 1. The molecule has 0 saturated heterocycles. The van der Waals surface area contributed by atoms with E-state index in [-0.39, 0.29) is 30.4 Å². The topological polar surface area (TPSA) is 114 Å². The molecule has 0 fully saturated rings. The Morgan fingerprint density at radius 2 is 1.69 bits per heavy atom. The summed E-state index contributed by atoms with van der Waals surface area (Å²) in [6.07, 6.45) is 0. The molecule has 0 aliphatic carbocycles. The summed E-state index contributed by atoms with van der Waals surface area (Å²) in [5, 5.41) is 16.5. The summed E-state index contributed by atoms with van der Waals surface area (Å²) >= 11 is 0. The molecule has 2 rings (SSSR count). The number of anilines is 2. The standard InChI is InChI=1S/C20H24N4O5/c1-4-23(12-18(25)21-15-8-10-16(29-3)11-9-15)13-19(26)22-20-14(2)6-5-7-17(20)24(27)28/h5-11H,4,12-13H2,1-3H3,(H,21,25)(H,22,26). The Balaban J connectivity index is 1.96. The summed E-state index contributed by atoms with van der Waals surface area (Å²) in [7, 11) is 1.56. The van der Waals surface area contributed by atoms with Gasteiger partial charge in [-0.1, -0.05) is 19.1 Å². The second-order valence-electron chi connectivity index (χ2n) is 6.35. The molecule has 0 atom stereocenters. The lowest BCUT2D eigenvalue weighted by atomic mass is 10.1. The number of methoxy groups -OCH3 is 1. The third-order valence-corrected chi connectivity index (χ3v) is 4.27. The van der Waals surface area contributed by atoms with Gasteiger partial charge in [-0.15, -0.1) is 0 Å². The van der Waals surface area contributed by atoms with Gasteiger partial charge in [0, 0.05) is 11.8 Å². The SMILES string of the molecule is CCN(CC(=O)Nc1ccc(OC)cc1)CC(=O)Nc1c(C)cccc1[N+](=O)[O-]. The van der Waals surface area contributed by atoms with Crippen molar-refractivity contribution >= 4 is 28.9 Å². The lowest BCUT2D eigenvalue weighted by molar-refractivity contribution is -0.384. The van der Waals surface area contributed by atoms with Crippen molar-refractivity contribution in [2.24, 2.45) is 0 Å². The average Bonchev–Trinajstić information content (AvgIpc) is 2.69. The van der Waals surface area contributed by atoms with Gasteiger partial charge in [-0.05, 0) is 43.3 Å². The van der Waals surface area contributed by atoms with E-state index in [1.54, 1.807) is 55.3 Å². The Morgan fingerprint density at radius 1 is 1.07 bits per heavy atom. The number of likely N-dealkylation sites (N-methyl/N-ethyl adjacent to an activating group) is 1. The molecule has 2 aromatic rings. The van der Waals surface area contributed by atoms with Crippen molar-refractivity contribution < 1.29 is 19.2 Å². The second-order valence-corrected chi connectivity index (χ2v) is 6.35. The van der Waals surface area contributed by atoms with Gasteiger partial charge in [0.15, 0.2) is 0 Å². The molecule has 154 valence electrons. The van der Waals surface area contributed by atoms with Gasteiger partial charge < -0.3 is 15.4 Å². The summed E-state index contributed by atoms with van der Waals surface area (Å²) in [6, 6.07) is 11.5. The number of carbonyl (C=O) groups excluding carboxylic acids is 2. The van der Waals surface area contributed by atoms with Crippen LogP contribution in [-0.4, -0.2) is 48.4 Å². The van der Waals surface area contributed by atoms with Crippen LogP contribution in [0.5, 0.6) is 5.75 Å². The largest absolute Gasteiger partial charge is 0.497 e. The lowest BCUT2D eigenvalue weighted by Crippen LogP contribution is -2.38. The van der Waals surface area contributed by atoms with Crippen molar-refractivity contribution in [2.75, 3.05) is 37.4 Å². The second kappa shape index (κ2) is 10.2. The van der Waals surface area contributed by atoms with Crippen molar-refractivity contribution in [1.29, 1.82) is 0 Å². The van der Waals surface area contributed by atoms with Crippen molar-refractivity contribution in [2.45, 2.75) is 13.8 Å². The van der Waals surface area contributed by atoms with Gasteiger partial charge in [0.1, 0.15) is 11.4 Å². The summed E-state index contributed by atoms with van der Waals surface area (Å²) in [4.78, 5) is 36.9. The number of para-hydroxylation sites is 1. The number of ether oxygens (including phenoxy) is 1. The van der Waals surface area contributed by atoms with Gasteiger partial charge in [-0.25, -0.2) is 0 Å². The van der Waals surface area contributed by atoms with Crippen molar-refractivity contribution in [1.82, 2.24) is 4.90 Å². The van der Waals surface area contributed by atoms with E-state index in [0.717, 1.165) is 0 Å². The predicted molar refractivity (Wildman–Crippen MR) is 110 cm³/mol. The summed E-state index contributed by atoms with van der Waals surface area (Å²) in [5.41, 5.74) is 1.21. The molecule has 0 saturated carbocycles. The molecule has 2 amide bonds. The van der Waals surface area contributed by atoms with Crippen LogP contribution in [-0.2, 0) is 9.59 Å². The van der Waals surface area contributed by atoms with Gasteiger partial charge >= 0.3 is 0 Å². The zero-order valence-corrected chi connectivity index (χ0v) is 16.6. The molecule has 0 bridgehead atoms. The zero-order valence-electron chi connectivity index (χ0n) is 16.6. The first-order valence-electron chi connectivity index (χ1n) is 9.04. The number of carbonyl (C=O) groups is 2. The highest BCUT2D eigenvalue weighted by molar-refractivity contribution is 5.96. The number of nitrogens with one attached hydrogen (secondary N) is 2. The fourth-order valence-electron chi connectivity index (χ4n) is 2.71. The monoisotopic (exact) mass is 400 g/mol. The maximum absolute atomic E-state index is 12.4. The van der Waals surface area contributed by atoms with Gasteiger partial charge in [-0.3, -0.25) is 24.6 Å². The van der Waals surface area contributed by atoms with E-state index < -0.39 is 10.8 Å². The molecule has 9 nitrogen and oxygen atoms in total. The van der Waals surface area contributed by atoms with Crippen LogP contribution < -0.4 is 15.4 Å². The normalized spacial score (nSPS) is 10.5. The highest BCUT2D eigenvalue weighted by Crippen LogP contribution is 2.27. The fourth-order valence-corrected chi connectivity index (χ4v) is 2.71. The quantitative estimate of drug-likeness (QED) is 0.494. The number of rotatable bonds is 9. The van der Waals surface area contributed by atoms with Gasteiger partial charge in [0.25, 0.3) is 5.69 Å². The maximum atomic E-state index is 12.4. The third kappa shape index (κ3) is 6.28. The Hall–Kier alpha value is -3.46. The number of hydrogen-bond donors (Lipinski definition) is 2. The van der Waals surface area contributed by atoms with Crippen LogP contribution in [0.15, 0.2) is 42.5 Å². The van der Waals surface area contributed by atoms with Crippen LogP contribution in [0.1, 0.15) is 12.5 Å². The average molecular weight is 400 g/mol. The van der Waals surface area contributed by atoms with Gasteiger partial charge in [0.05, 0.1) is 25.1 Å². The zero-order chi connectivity index (χ0) is 21.4. The molecule has 0 radical (unpaired) electrons. The number of nitro groups is 1. The van der Waals surface area contributed by atoms with E-state index >= 15 is 0 Å². The van der Waals surface area contributed by atoms with E-state index in [1.165, 1.54) is 6.07 Å². The van der Waals surface area contributed by atoms with Crippen LogP contribution in [0, 0.1) is 17.0 Å². The van der Waals surface area contributed by atoms with Crippen LogP contribution in [0.4, 0.5) is 17.1 Å². The molecule has 29 heavy (non-hydrogen) atoms. The van der Waals surface area contributed by atoms with Crippen LogP contribution in [0.2, 0.25) is 0 Å². The third-order valence-electron chi connectivity index (χ3n) is 4.27. The first kappa shape index (κ1) is 21.8. The van der Waals surface area contributed by atoms with Crippen LogP contribution in [0.25, 0.3) is 0 Å². The highest BCUT2D eigenvalue weighted by atomic mass is 16.6. The molecular formula is C20H24N4O5. The number of nitro benzene ring substituents is 1. The van der Waals surface area contributed by atoms with Crippen LogP contribution >= 0.6 is 0 Å². The van der Waals surface area contributed by atoms with Gasteiger partial charge in [-0.2, -0.15) is 0 Å². The van der Waals surface area contributed by atoms with Crippen molar-refractivity contribution in [3.8, 4) is 5.75 Å². The molecular weight excluding hydrogens is 376 g/mol. The number of nitrogens with zero attached hydrogens (tertiary/aromatic N) is 2. The van der Waals surface area contributed by atoms with E-state index in [2.05, 4.69) is 10.6 Å². The van der Waals surface area contributed by atoms with E-state index in [1.807, 2.05) is 6.92 Å². The smallest absolute Gasteiger partial charge is 0.293 e. The van der Waals surface area contributed by atoms with Crippen molar-refractivity contribution in [3.05, 3.63) is 58.1 Å². The lowest BCUT2D eigenvalue weighted by Gasteiger charge is -2.19. The Bertz CT molecular complexity index is 883. The maximum Gasteiger partial charge on any atom is 0.293 e. The Labute approximate surface area is 168 Å². The van der Waals surface area contributed by atoms with Crippen LogP contribution in [0.3, 0.4) is 0 Å². The first-order chi connectivity index (χ1) is 13.8. The molecule has 0 heterocycles. The minimum atomic E-state index is -0.539. The van der Waals surface area contributed by atoms with E-state index in [4.69, 9.17) is 4.74 Å². The molecule has 0 aliphatic heterocycles. The Morgan fingerprint density at radius 3 is 2.24 bits per heavy atom. The highest BCUT2D eigenvalue weighted by Gasteiger charge is 2.19. The van der Waals surface area contributed by atoms with E-state index in [0.29, 0.717) is 23.5 Å². The van der Waals surface area contributed by atoms with Crippen molar-refractivity contribution in [3.63, 3.8) is 0 Å². The number of hydrogen-bond acceptors (Lipinski definition) is 6. The fraction of sp³-hybridized carbons (Fsp3) is 0.300. The molecule has 0 spiro atoms. The number of benzene rings is 2. The van der Waals surface area contributed by atoms with E-state index in [9.17, 15) is 19.7 Å². The summed E-state index contributed by atoms with van der Waals surface area (Å²) < 4.78 is 5.07. The minimum Gasteiger partial charge on any atom is -0.497 e. The molecule has 9 heteroatoms. The molecule has 0 aliphatic rings. The molecule has 2 aromatic carbocycles.